The van der Waals surface area contributed by atoms with Gasteiger partial charge in [0.05, 0.1) is 5.69 Å². The monoisotopic (exact) mass is 319 g/mol. The Morgan fingerprint density at radius 1 is 1.20 bits per heavy atom. The smallest absolute Gasteiger partial charge is 0.271 e. The van der Waals surface area contributed by atoms with Gasteiger partial charge >= 0.3 is 0 Å². The first-order valence-corrected chi connectivity index (χ1v) is 7.90. The van der Waals surface area contributed by atoms with Crippen molar-refractivity contribution in [3.05, 3.63) is 46.8 Å². The summed E-state index contributed by atoms with van der Waals surface area (Å²) in [7, 11) is -3.92. The molecule has 2 rings (SSSR count). The second kappa shape index (κ2) is 5.86. The van der Waals surface area contributed by atoms with Crippen LogP contribution in [0.1, 0.15) is 4.88 Å². The first-order valence-electron chi connectivity index (χ1n) is 5.60. The van der Waals surface area contributed by atoms with Gasteiger partial charge in [-0.1, -0.05) is 0 Å². The second-order valence-corrected chi connectivity index (χ2v) is 7.00. The predicted octanol–water partition coefficient (Wildman–Crippen LogP) is 2.36. The molecule has 0 unspecified atom stereocenters. The molecule has 0 fully saturated rings. The van der Waals surface area contributed by atoms with Gasteiger partial charge in [0, 0.05) is 24.0 Å². The fourth-order valence-electron chi connectivity index (χ4n) is 1.51. The van der Waals surface area contributed by atoms with Crippen molar-refractivity contribution >= 4 is 27.0 Å². The Balaban J connectivity index is 2.26. The van der Waals surface area contributed by atoms with Crippen LogP contribution in [0.3, 0.4) is 0 Å². The minimum Gasteiger partial charge on any atom is -0.396 e. The molecule has 0 saturated heterocycles. The number of nitrogens with one attached hydrogen (secondary N) is 1. The van der Waals surface area contributed by atoms with Crippen LogP contribution in [0.2, 0.25) is 0 Å². The largest absolute Gasteiger partial charge is 0.396 e. The maximum absolute atomic E-state index is 13.4. The maximum Gasteiger partial charge on any atom is 0.271 e. The van der Waals surface area contributed by atoms with E-state index in [9.17, 15) is 17.2 Å². The summed E-state index contributed by atoms with van der Waals surface area (Å²) >= 11 is 0.986. The zero-order valence-corrected chi connectivity index (χ0v) is 11.8. The fraction of sp³-hybridized carbons (Fsp3) is 0.167. The van der Waals surface area contributed by atoms with Gasteiger partial charge in [0.25, 0.3) is 10.0 Å². The summed E-state index contributed by atoms with van der Waals surface area (Å²) in [5, 5.41) is 8.79. The molecule has 0 aliphatic rings. The Hall–Kier alpha value is -1.51. The highest BCUT2D eigenvalue weighted by molar-refractivity contribution is 7.94. The summed E-state index contributed by atoms with van der Waals surface area (Å²) in [5.41, 5.74) is -0.316. The fourth-order valence-corrected chi connectivity index (χ4v) is 3.93. The van der Waals surface area contributed by atoms with E-state index in [4.69, 9.17) is 5.11 Å². The topological polar surface area (TPSA) is 66.4 Å². The Morgan fingerprint density at radius 2 is 1.95 bits per heavy atom. The lowest BCUT2D eigenvalue weighted by atomic mass is 10.3. The molecule has 1 aromatic carbocycles. The molecule has 2 aromatic rings. The molecule has 0 aliphatic heterocycles. The van der Waals surface area contributed by atoms with Crippen LogP contribution in [0.25, 0.3) is 0 Å². The lowest BCUT2D eigenvalue weighted by Gasteiger charge is -2.07. The number of anilines is 1. The number of rotatable bonds is 5. The SMILES string of the molecule is O=S(=O)(Nc1ccc(F)cc1F)c1ccc(CCO)s1. The number of thiophene rings is 1. The van der Waals surface area contributed by atoms with Crippen molar-refractivity contribution in [2.75, 3.05) is 11.3 Å². The van der Waals surface area contributed by atoms with Crippen molar-refractivity contribution in [1.82, 2.24) is 0 Å². The lowest BCUT2D eigenvalue weighted by Crippen LogP contribution is -2.12. The van der Waals surface area contributed by atoms with E-state index in [1.54, 1.807) is 6.07 Å². The minimum absolute atomic E-state index is 0.00433. The summed E-state index contributed by atoms with van der Waals surface area (Å²) < 4.78 is 52.3. The molecule has 4 nitrogen and oxygen atoms in total. The van der Waals surface area contributed by atoms with Crippen molar-refractivity contribution in [2.45, 2.75) is 10.6 Å². The average molecular weight is 319 g/mol. The van der Waals surface area contributed by atoms with Crippen molar-refractivity contribution in [2.24, 2.45) is 0 Å². The molecule has 8 heteroatoms. The van der Waals surface area contributed by atoms with Gasteiger partial charge in [0.15, 0.2) is 0 Å². The van der Waals surface area contributed by atoms with Crippen LogP contribution in [0.4, 0.5) is 14.5 Å². The first kappa shape index (κ1) is 14.9. The molecule has 0 spiro atoms. The molecule has 0 radical (unpaired) electrons. The van der Waals surface area contributed by atoms with E-state index in [1.807, 2.05) is 0 Å². The predicted molar refractivity (Wildman–Crippen MR) is 72.3 cm³/mol. The van der Waals surface area contributed by atoms with Gasteiger partial charge in [-0.25, -0.2) is 17.2 Å². The molecule has 0 aliphatic carbocycles. The van der Waals surface area contributed by atoms with Crippen molar-refractivity contribution < 1.29 is 22.3 Å². The van der Waals surface area contributed by atoms with Crippen LogP contribution in [0.15, 0.2) is 34.5 Å². The van der Waals surface area contributed by atoms with E-state index in [-0.39, 0.29) is 16.5 Å². The van der Waals surface area contributed by atoms with Gasteiger partial charge in [0.1, 0.15) is 15.8 Å². The van der Waals surface area contributed by atoms with Crippen molar-refractivity contribution in [3.8, 4) is 0 Å². The van der Waals surface area contributed by atoms with E-state index >= 15 is 0 Å². The molecule has 1 aromatic heterocycles. The molecule has 2 N–H and O–H groups in total. The molecule has 0 atom stereocenters. The lowest BCUT2D eigenvalue weighted by molar-refractivity contribution is 0.300. The normalized spacial score (nSPS) is 11.6. The Morgan fingerprint density at radius 3 is 2.60 bits per heavy atom. The van der Waals surface area contributed by atoms with Gasteiger partial charge in [-0.05, 0) is 24.3 Å². The summed E-state index contributed by atoms with van der Waals surface area (Å²) in [4.78, 5) is 0.701. The van der Waals surface area contributed by atoms with Gasteiger partial charge in [-0.15, -0.1) is 11.3 Å². The summed E-state index contributed by atoms with van der Waals surface area (Å²) in [6, 6.07) is 5.54. The van der Waals surface area contributed by atoms with Crippen LogP contribution >= 0.6 is 11.3 Å². The highest BCUT2D eigenvalue weighted by Crippen LogP contribution is 2.25. The molecular formula is C12H11F2NO3S2. The summed E-state index contributed by atoms with van der Waals surface area (Å²) in [6.07, 6.45) is 0.352. The maximum atomic E-state index is 13.4. The Kier molecular flexibility index (Phi) is 4.36. The molecule has 1 heterocycles. The number of aliphatic hydroxyl groups excluding tert-OH is 1. The van der Waals surface area contributed by atoms with Gasteiger partial charge < -0.3 is 5.11 Å². The third-order valence-corrected chi connectivity index (χ3v) is 5.44. The summed E-state index contributed by atoms with van der Waals surface area (Å²) in [6.45, 7) is -0.0833. The number of hydrogen-bond donors (Lipinski definition) is 2. The number of benzene rings is 1. The minimum atomic E-state index is -3.92. The van der Waals surface area contributed by atoms with Crippen molar-refractivity contribution in [3.63, 3.8) is 0 Å². The zero-order valence-electron chi connectivity index (χ0n) is 10.1. The van der Waals surface area contributed by atoms with Crippen LogP contribution in [-0.4, -0.2) is 20.1 Å². The molecule has 20 heavy (non-hydrogen) atoms. The van der Waals surface area contributed by atoms with Crippen molar-refractivity contribution in [1.29, 1.82) is 0 Å². The van der Waals surface area contributed by atoms with Gasteiger partial charge in [-0.2, -0.15) is 0 Å². The molecule has 0 amide bonds. The van der Waals surface area contributed by atoms with E-state index in [0.29, 0.717) is 17.4 Å². The standard InChI is InChI=1S/C12H11F2NO3S2/c13-8-1-3-11(10(14)7-8)15-20(17,18)12-4-2-9(19-12)5-6-16/h1-4,7,15-16H,5-6H2. The van der Waals surface area contributed by atoms with Crippen LogP contribution in [0, 0.1) is 11.6 Å². The molecule has 0 saturated carbocycles. The number of hydrogen-bond acceptors (Lipinski definition) is 4. The van der Waals surface area contributed by atoms with E-state index in [0.717, 1.165) is 23.5 Å². The second-order valence-electron chi connectivity index (χ2n) is 3.92. The van der Waals surface area contributed by atoms with Gasteiger partial charge in [0.2, 0.25) is 0 Å². The number of halogens is 2. The number of aliphatic hydroxyl groups is 1. The van der Waals surface area contributed by atoms with Crippen LogP contribution in [-0.2, 0) is 16.4 Å². The third kappa shape index (κ3) is 3.33. The van der Waals surface area contributed by atoms with Gasteiger partial charge in [-0.3, -0.25) is 4.72 Å². The quantitative estimate of drug-likeness (QED) is 0.889. The Labute approximate surface area is 118 Å². The molecule has 108 valence electrons. The Bertz CT molecular complexity index is 713. The van der Waals surface area contributed by atoms with E-state index in [1.165, 1.54) is 6.07 Å². The first-order chi connectivity index (χ1) is 9.42. The number of sulfonamides is 1. The van der Waals surface area contributed by atoms with E-state index < -0.39 is 21.7 Å². The molecule has 0 bridgehead atoms. The van der Waals surface area contributed by atoms with E-state index in [2.05, 4.69) is 4.72 Å². The summed E-state index contributed by atoms with van der Waals surface area (Å²) in [5.74, 6) is -1.77. The average Bonchev–Trinajstić information content (AvgIpc) is 2.83. The van der Waals surface area contributed by atoms with Crippen LogP contribution < -0.4 is 4.72 Å². The zero-order chi connectivity index (χ0) is 14.8. The highest BCUT2D eigenvalue weighted by Gasteiger charge is 2.18. The highest BCUT2D eigenvalue weighted by atomic mass is 32.2. The van der Waals surface area contributed by atoms with Crippen LogP contribution in [0.5, 0.6) is 0 Å². The third-order valence-electron chi connectivity index (χ3n) is 2.44. The molecular weight excluding hydrogens is 308 g/mol.